The molecule has 0 radical (unpaired) electrons. The third-order valence-electron chi connectivity index (χ3n) is 5.51. The normalized spacial score (nSPS) is 22.4. The van der Waals surface area contributed by atoms with E-state index in [-0.39, 0.29) is 24.0 Å². The summed E-state index contributed by atoms with van der Waals surface area (Å²) in [5.74, 6) is 0.353. The lowest BCUT2D eigenvalue weighted by Crippen LogP contribution is -2.50. The Balaban J connectivity index is 1.75. The zero-order valence-corrected chi connectivity index (χ0v) is 14.9. The van der Waals surface area contributed by atoms with E-state index in [1.807, 2.05) is 18.3 Å². The lowest BCUT2D eigenvalue weighted by molar-refractivity contribution is -0.124. The molecule has 3 rings (SSSR count). The van der Waals surface area contributed by atoms with Crippen molar-refractivity contribution < 1.29 is 9.59 Å². The number of likely N-dealkylation sites (N-methyl/N-ethyl adjacent to an activating group) is 1. The second-order valence-corrected chi connectivity index (χ2v) is 7.08. The smallest absolute Gasteiger partial charge is 0.318 e. The topological polar surface area (TPSA) is 74.3 Å². The quantitative estimate of drug-likeness (QED) is 0.882. The van der Waals surface area contributed by atoms with Crippen LogP contribution in [0.5, 0.6) is 0 Å². The first kappa shape index (κ1) is 17.7. The maximum Gasteiger partial charge on any atom is 0.318 e. The Bertz CT molecular complexity index is 586. The van der Waals surface area contributed by atoms with Gasteiger partial charge >= 0.3 is 6.03 Å². The highest BCUT2D eigenvalue weighted by Crippen LogP contribution is 2.34. The Morgan fingerprint density at radius 2 is 2.00 bits per heavy atom. The Morgan fingerprint density at radius 1 is 1.20 bits per heavy atom. The molecule has 2 fully saturated rings. The van der Waals surface area contributed by atoms with Gasteiger partial charge in [-0.05, 0) is 43.2 Å². The van der Waals surface area contributed by atoms with Gasteiger partial charge < -0.3 is 15.5 Å². The summed E-state index contributed by atoms with van der Waals surface area (Å²) in [6.07, 6.45) is 11.1. The largest absolute Gasteiger partial charge is 0.357 e. The molecule has 1 aliphatic carbocycles. The molecule has 6 heteroatoms. The van der Waals surface area contributed by atoms with Gasteiger partial charge in [-0.2, -0.15) is 0 Å². The molecule has 136 valence electrons. The zero-order chi connectivity index (χ0) is 17.6. The van der Waals surface area contributed by atoms with Crippen molar-refractivity contribution in [3.63, 3.8) is 0 Å². The first-order valence-electron chi connectivity index (χ1n) is 9.39. The van der Waals surface area contributed by atoms with Crippen molar-refractivity contribution in [3.8, 4) is 0 Å². The average molecular weight is 344 g/mol. The molecular weight excluding hydrogens is 316 g/mol. The summed E-state index contributed by atoms with van der Waals surface area (Å²) in [6.45, 7) is 0.633. The highest BCUT2D eigenvalue weighted by molar-refractivity contribution is 5.87. The van der Waals surface area contributed by atoms with Crippen molar-refractivity contribution in [2.45, 2.75) is 57.0 Å². The van der Waals surface area contributed by atoms with E-state index < -0.39 is 0 Å². The van der Waals surface area contributed by atoms with Gasteiger partial charge in [0.2, 0.25) is 5.91 Å². The lowest BCUT2D eigenvalue weighted by Gasteiger charge is -2.33. The molecule has 1 saturated carbocycles. The predicted molar refractivity (Wildman–Crippen MR) is 95.9 cm³/mol. The zero-order valence-electron chi connectivity index (χ0n) is 14.9. The number of hydrogen-bond donors (Lipinski definition) is 2. The summed E-state index contributed by atoms with van der Waals surface area (Å²) >= 11 is 0. The van der Waals surface area contributed by atoms with E-state index in [0.717, 1.165) is 31.2 Å². The van der Waals surface area contributed by atoms with Crippen LogP contribution >= 0.6 is 0 Å². The number of aromatic nitrogens is 1. The SMILES string of the molecule is CNC(=O)[C@H]1CCCN1C(=O)N[C@H](c1cccnc1)C1CCCCC1. The van der Waals surface area contributed by atoms with Crippen LogP contribution in [0.2, 0.25) is 0 Å². The number of nitrogens with one attached hydrogen (secondary N) is 2. The number of pyridine rings is 1. The van der Waals surface area contributed by atoms with Crippen LogP contribution in [0.15, 0.2) is 24.5 Å². The molecule has 6 nitrogen and oxygen atoms in total. The van der Waals surface area contributed by atoms with Crippen LogP contribution in [0.25, 0.3) is 0 Å². The molecule has 0 bridgehead atoms. The standard InChI is InChI=1S/C19H28N4O2/c1-20-18(24)16-10-6-12-23(16)19(25)22-17(14-7-3-2-4-8-14)15-9-5-11-21-13-15/h5,9,11,13-14,16-17H,2-4,6-8,10,12H2,1H3,(H,20,24)(H,22,25)/t16-,17+/m1/s1. The van der Waals surface area contributed by atoms with E-state index in [0.29, 0.717) is 12.5 Å². The first-order chi connectivity index (χ1) is 12.2. The Kier molecular flexibility index (Phi) is 5.89. The van der Waals surface area contributed by atoms with E-state index in [2.05, 4.69) is 15.6 Å². The second kappa shape index (κ2) is 8.32. The van der Waals surface area contributed by atoms with Gasteiger partial charge in [0, 0.05) is 26.0 Å². The van der Waals surface area contributed by atoms with Crippen LogP contribution < -0.4 is 10.6 Å². The van der Waals surface area contributed by atoms with Crippen molar-refractivity contribution in [2.24, 2.45) is 5.92 Å². The lowest BCUT2D eigenvalue weighted by atomic mass is 9.81. The third kappa shape index (κ3) is 4.11. The van der Waals surface area contributed by atoms with Crippen LogP contribution in [0.4, 0.5) is 4.79 Å². The summed E-state index contributed by atoms with van der Waals surface area (Å²) in [5.41, 5.74) is 1.05. The highest BCUT2D eigenvalue weighted by Gasteiger charge is 2.35. The Labute approximate surface area is 149 Å². The van der Waals surface area contributed by atoms with Crippen molar-refractivity contribution in [2.75, 3.05) is 13.6 Å². The Hall–Kier alpha value is -2.11. The number of carbonyl (C=O) groups excluding carboxylic acids is 2. The van der Waals surface area contributed by atoms with Crippen LogP contribution in [0.1, 0.15) is 56.6 Å². The first-order valence-corrected chi connectivity index (χ1v) is 9.39. The third-order valence-corrected chi connectivity index (χ3v) is 5.51. The molecule has 2 heterocycles. The molecule has 1 aliphatic heterocycles. The fourth-order valence-corrected chi connectivity index (χ4v) is 4.17. The van der Waals surface area contributed by atoms with Gasteiger partial charge in [0.25, 0.3) is 0 Å². The van der Waals surface area contributed by atoms with Gasteiger partial charge in [-0.3, -0.25) is 9.78 Å². The molecule has 2 N–H and O–H groups in total. The summed E-state index contributed by atoms with van der Waals surface area (Å²) in [5, 5.41) is 5.89. The molecule has 0 spiro atoms. The van der Waals surface area contributed by atoms with E-state index in [1.54, 1.807) is 18.1 Å². The molecular formula is C19H28N4O2. The van der Waals surface area contributed by atoms with Gasteiger partial charge in [-0.1, -0.05) is 25.3 Å². The maximum absolute atomic E-state index is 12.9. The number of rotatable bonds is 4. The fourth-order valence-electron chi connectivity index (χ4n) is 4.17. The van der Waals surface area contributed by atoms with E-state index in [9.17, 15) is 9.59 Å². The van der Waals surface area contributed by atoms with Gasteiger partial charge in [0.05, 0.1) is 6.04 Å². The second-order valence-electron chi connectivity index (χ2n) is 7.08. The van der Waals surface area contributed by atoms with Crippen LogP contribution in [0.3, 0.4) is 0 Å². The molecule has 1 aromatic rings. The van der Waals surface area contributed by atoms with Crippen LogP contribution in [-0.2, 0) is 4.79 Å². The van der Waals surface area contributed by atoms with Gasteiger partial charge in [-0.25, -0.2) is 4.79 Å². The van der Waals surface area contributed by atoms with E-state index >= 15 is 0 Å². The van der Waals surface area contributed by atoms with Crippen LogP contribution in [0, 0.1) is 5.92 Å². The van der Waals surface area contributed by atoms with Crippen molar-refractivity contribution >= 4 is 11.9 Å². The van der Waals surface area contributed by atoms with Gasteiger partial charge in [0.15, 0.2) is 0 Å². The number of carbonyl (C=O) groups is 2. The molecule has 1 saturated heterocycles. The monoisotopic (exact) mass is 344 g/mol. The minimum absolute atomic E-state index is 0.0348. The molecule has 2 aliphatic rings. The fraction of sp³-hybridized carbons (Fsp3) is 0.632. The minimum atomic E-state index is -0.356. The van der Waals surface area contributed by atoms with E-state index in [1.165, 1.54) is 19.3 Å². The number of nitrogens with zero attached hydrogens (tertiary/aromatic N) is 2. The summed E-state index contributed by atoms with van der Waals surface area (Å²) in [7, 11) is 1.62. The molecule has 0 aromatic carbocycles. The maximum atomic E-state index is 12.9. The summed E-state index contributed by atoms with van der Waals surface area (Å²) in [4.78, 5) is 30.9. The number of amides is 3. The van der Waals surface area contributed by atoms with Crippen molar-refractivity contribution in [3.05, 3.63) is 30.1 Å². The number of urea groups is 1. The molecule has 1 aromatic heterocycles. The average Bonchev–Trinajstić information content (AvgIpc) is 3.16. The van der Waals surface area contributed by atoms with Crippen molar-refractivity contribution in [1.82, 2.24) is 20.5 Å². The molecule has 3 amide bonds. The van der Waals surface area contributed by atoms with Crippen molar-refractivity contribution in [1.29, 1.82) is 0 Å². The minimum Gasteiger partial charge on any atom is -0.357 e. The highest BCUT2D eigenvalue weighted by atomic mass is 16.2. The number of likely N-dealkylation sites (tertiary alicyclic amines) is 1. The van der Waals surface area contributed by atoms with Crippen LogP contribution in [-0.4, -0.2) is 41.5 Å². The van der Waals surface area contributed by atoms with Gasteiger partial charge in [0.1, 0.15) is 6.04 Å². The molecule has 2 atom stereocenters. The van der Waals surface area contributed by atoms with E-state index in [4.69, 9.17) is 0 Å². The van der Waals surface area contributed by atoms with Gasteiger partial charge in [-0.15, -0.1) is 0 Å². The molecule has 25 heavy (non-hydrogen) atoms. The Morgan fingerprint density at radius 3 is 2.68 bits per heavy atom. The summed E-state index contributed by atoms with van der Waals surface area (Å²) in [6, 6.07) is 3.43. The number of hydrogen-bond acceptors (Lipinski definition) is 3. The summed E-state index contributed by atoms with van der Waals surface area (Å²) < 4.78 is 0. The predicted octanol–water partition coefficient (Wildman–Crippen LogP) is 2.62. The molecule has 0 unspecified atom stereocenters.